The molecule has 2 amide bonds. The third kappa shape index (κ3) is 6.15. The zero-order chi connectivity index (χ0) is 30.1. The van der Waals surface area contributed by atoms with Crippen LogP contribution in [0.25, 0.3) is 22.2 Å². The largest absolute Gasteiger partial charge is 0.358 e. The number of H-pyrrole nitrogens is 1. The van der Waals surface area contributed by atoms with Gasteiger partial charge in [0.1, 0.15) is 5.69 Å². The van der Waals surface area contributed by atoms with E-state index in [2.05, 4.69) is 62.9 Å². The molecule has 1 fully saturated rings. The normalized spacial score (nSPS) is 19.4. The molecule has 222 valence electrons. The number of carbonyl (C=O) groups is 2. The van der Waals surface area contributed by atoms with Crippen LogP contribution < -0.4 is 16.0 Å². The van der Waals surface area contributed by atoms with Crippen molar-refractivity contribution in [3.63, 3.8) is 0 Å². The Bertz CT molecular complexity index is 1710. The summed E-state index contributed by atoms with van der Waals surface area (Å²) in [5, 5.41) is 10.8. The van der Waals surface area contributed by atoms with Gasteiger partial charge in [-0.1, -0.05) is 18.2 Å². The number of aryl methyl sites for hydroxylation is 1. The van der Waals surface area contributed by atoms with Crippen molar-refractivity contribution < 1.29 is 9.59 Å². The number of anilines is 2. The molecule has 3 aromatic heterocycles. The molecular weight excluding hydrogens is 540 g/mol. The van der Waals surface area contributed by atoms with Gasteiger partial charge >= 0.3 is 0 Å². The Morgan fingerprint density at radius 1 is 1.14 bits per heavy atom. The van der Waals surface area contributed by atoms with E-state index in [0.717, 1.165) is 60.1 Å². The van der Waals surface area contributed by atoms with Crippen molar-refractivity contribution in [3.8, 4) is 11.3 Å². The molecule has 0 aliphatic heterocycles. The first-order valence-electron chi connectivity index (χ1n) is 14.8. The van der Waals surface area contributed by atoms with Crippen molar-refractivity contribution in [1.82, 2.24) is 30.2 Å². The van der Waals surface area contributed by atoms with Crippen LogP contribution in [0, 0.1) is 6.92 Å². The van der Waals surface area contributed by atoms with Crippen molar-refractivity contribution in [2.45, 2.75) is 57.5 Å². The lowest BCUT2D eigenvalue weighted by atomic mass is 9.80. The number of pyridine rings is 1. The maximum atomic E-state index is 13.2. The number of carbonyl (C=O) groups excluding carboxylic acids is 2. The van der Waals surface area contributed by atoms with Crippen LogP contribution in [0.5, 0.6) is 0 Å². The second kappa shape index (κ2) is 11.6. The van der Waals surface area contributed by atoms with Gasteiger partial charge in [-0.15, -0.1) is 0 Å². The van der Waals surface area contributed by atoms with E-state index >= 15 is 0 Å². The minimum atomic E-state index is -0.407. The number of nitrogens with one attached hydrogen (secondary N) is 4. The van der Waals surface area contributed by atoms with Crippen LogP contribution in [0.4, 0.5) is 11.6 Å². The SMILES string of the molecule is Cc1[nH]c2cccc3c2c1-c1nc(NC2CCCC(C)(NC(=O)c4ccc(NC(=O)C=CCN(C)C)cn4)C2)ncc1C3. The molecule has 0 radical (unpaired) electrons. The number of fused-ring (bicyclic) bond motifs is 2. The fraction of sp³-hybridized carbons (Fsp3) is 0.364. The standard InChI is InChI=1S/C33H38N8O2/c1-20-28-29-21(8-5-10-25(29)36-20)16-22-18-35-32(39-30(22)28)38-23-9-6-14-33(2,17-23)40-31(43)26-13-12-24(19-34-26)37-27(42)11-7-15-41(3)4/h5,7-8,10-13,18-19,23,36H,6,9,14-17H2,1-4H3,(H,37,42)(H,40,43)(H,35,38,39). The zero-order valence-electron chi connectivity index (χ0n) is 25.1. The van der Waals surface area contributed by atoms with Gasteiger partial charge in [-0.2, -0.15) is 0 Å². The lowest BCUT2D eigenvalue weighted by molar-refractivity contribution is -0.111. The fourth-order valence-electron chi connectivity index (χ4n) is 6.32. The van der Waals surface area contributed by atoms with Gasteiger partial charge in [-0.3, -0.25) is 9.59 Å². The van der Waals surface area contributed by atoms with Crippen LogP contribution in [-0.2, 0) is 11.2 Å². The lowest BCUT2D eigenvalue weighted by Crippen LogP contribution is -2.51. The van der Waals surface area contributed by atoms with Gasteiger partial charge in [0.05, 0.1) is 17.6 Å². The summed E-state index contributed by atoms with van der Waals surface area (Å²) >= 11 is 0. The number of aromatic amines is 1. The molecule has 1 saturated carbocycles. The molecule has 3 heterocycles. The highest BCUT2D eigenvalue weighted by Gasteiger charge is 2.34. The van der Waals surface area contributed by atoms with E-state index in [4.69, 9.17) is 4.98 Å². The highest BCUT2D eigenvalue weighted by Crippen LogP contribution is 2.41. The van der Waals surface area contributed by atoms with Crippen LogP contribution in [0.15, 0.2) is 54.9 Å². The van der Waals surface area contributed by atoms with Crippen LogP contribution >= 0.6 is 0 Å². The Kier molecular flexibility index (Phi) is 7.70. The summed E-state index contributed by atoms with van der Waals surface area (Å²) in [5.74, 6) is 0.143. The number of aromatic nitrogens is 4. The summed E-state index contributed by atoms with van der Waals surface area (Å²) in [6, 6.07) is 9.83. The summed E-state index contributed by atoms with van der Waals surface area (Å²) in [6.45, 7) is 4.85. The molecule has 0 saturated heterocycles. The predicted molar refractivity (Wildman–Crippen MR) is 169 cm³/mol. The minimum Gasteiger partial charge on any atom is -0.358 e. The number of nitrogens with zero attached hydrogens (tertiary/aromatic N) is 4. The lowest BCUT2D eigenvalue weighted by Gasteiger charge is -2.39. The number of hydrogen-bond acceptors (Lipinski definition) is 7. The van der Waals surface area contributed by atoms with Crippen LogP contribution in [-0.4, -0.2) is 68.9 Å². The van der Waals surface area contributed by atoms with E-state index < -0.39 is 5.54 Å². The molecule has 4 N–H and O–H groups in total. The molecule has 2 unspecified atom stereocenters. The first-order valence-corrected chi connectivity index (χ1v) is 14.8. The molecule has 10 nitrogen and oxygen atoms in total. The van der Waals surface area contributed by atoms with E-state index in [0.29, 0.717) is 23.9 Å². The number of amides is 2. The predicted octanol–water partition coefficient (Wildman–Crippen LogP) is 4.83. The van der Waals surface area contributed by atoms with Crippen molar-refractivity contribution in [3.05, 3.63) is 77.4 Å². The zero-order valence-corrected chi connectivity index (χ0v) is 25.1. The van der Waals surface area contributed by atoms with E-state index in [1.54, 1.807) is 18.2 Å². The Balaban J connectivity index is 1.09. The summed E-state index contributed by atoms with van der Waals surface area (Å²) in [7, 11) is 3.87. The molecule has 10 heteroatoms. The highest BCUT2D eigenvalue weighted by atomic mass is 16.2. The average molecular weight is 579 g/mol. The molecule has 0 bridgehead atoms. The van der Waals surface area contributed by atoms with E-state index in [9.17, 15) is 9.59 Å². The maximum absolute atomic E-state index is 13.2. The van der Waals surface area contributed by atoms with Gasteiger partial charge in [0.25, 0.3) is 5.91 Å². The Labute approximate surface area is 251 Å². The Morgan fingerprint density at radius 2 is 2.00 bits per heavy atom. The molecule has 43 heavy (non-hydrogen) atoms. The van der Waals surface area contributed by atoms with E-state index in [1.807, 2.05) is 25.2 Å². The van der Waals surface area contributed by atoms with Gasteiger partial charge in [-0.05, 0) is 77.4 Å². The Hall–Kier alpha value is -4.57. The number of likely N-dealkylation sites (N-methyl/N-ethyl adjacent to an activating group) is 1. The van der Waals surface area contributed by atoms with Gasteiger partial charge in [-0.25, -0.2) is 15.0 Å². The number of hydrogen-bond donors (Lipinski definition) is 4. The maximum Gasteiger partial charge on any atom is 0.270 e. The minimum absolute atomic E-state index is 0.117. The molecule has 0 spiro atoms. The highest BCUT2D eigenvalue weighted by molar-refractivity contribution is 6.02. The number of rotatable bonds is 8. The molecule has 6 rings (SSSR count). The molecule has 4 aromatic rings. The van der Waals surface area contributed by atoms with Gasteiger partial charge in [0.2, 0.25) is 11.9 Å². The Morgan fingerprint density at radius 3 is 2.79 bits per heavy atom. The van der Waals surface area contributed by atoms with Crippen molar-refractivity contribution in [2.75, 3.05) is 31.3 Å². The van der Waals surface area contributed by atoms with Crippen LogP contribution in [0.2, 0.25) is 0 Å². The molecule has 2 aliphatic carbocycles. The quantitative estimate of drug-likeness (QED) is 0.194. The molecule has 1 aromatic carbocycles. The van der Waals surface area contributed by atoms with E-state index in [-0.39, 0.29) is 17.9 Å². The number of benzene rings is 1. The topological polar surface area (TPSA) is 128 Å². The first-order chi connectivity index (χ1) is 20.7. The smallest absolute Gasteiger partial charge is 0.270 e. The summed E-state index contributed by atoms with van der Waals surface area (Å²) < 4.78 is 0. The van der Waals surface area contributed by atoms with Crippen molar-refractivity contribution >= 4 is 34.4 Å². The summed E-state index contributed by atoms with van der Waals surface area (Å²) in [5.41, 5.74) is 7.28. The van der Waals surface area contributed by atoms with Crippen LogP contribution in [0.3, 0.4) is 0 Å². The first kappa shape index (κ1) is 28.5. The monoisotopic (exact) mass is 578 g/mol. The third-order valence-electron chi connectivity index (χ3n) is 8.31. The second-order valence-electron chi connectivity index (χ2n) is 12.2. The average Bonchev–Trinajstić information content (AvgIpc) is 3.30. The van der Waals surface area contributed by atoms with Crippen molar-refractivity contribution in [2.24, 2.45) is 0 Å². The van der Waals surface area contributed by atoms with Gasteiger partial charge in [0, 0.05) is 64.5 Å². The van der Waals surface area contributed by atoms with Gasteiger partial charge in [0.15, 0.2) is 0 Å². The molecular formula is C33H38N8O2. The summed E-state index contributed by atoms with van der Waals surface area (Å²) in [6.07, 6.45) is 11.1. The molecule has 2 aliphatic rings. The third-order valence-corrected chi connectivity index (χ3v) is 8.31. The fourth-order valence-corrected chi connectivity index (χ4v) is 6.32. The van der Waals surface area contributed by atoms with Crippen LogP contribution in [0.1, 0.15) is 59.9 Å². The van der Waals surface area contributed by atoms with Gasteiger partial charge < -0.3 is 25.8 Å². The second-order valence-corrected chi connectivity index (χ2v) is 12.2. The molecule has 2 atom stereocenters. The van der Waals surface area contributed by atoms with Crippen molar-refractivity contribution in [1.29, 1.82) is 0 Å². The van der Waals surface area contributed by atoms with E-state index in [1.165, 1.54) is 23.2 Å². The summed E-state index contributed by atoms with van der Waals surface area (Å²) in [4.78, 5) is 44.7.